The number of carbonyl (C=O) groups is 1. The number of aromatic nitrogens is 2. The maximum atomic E-state index is 12.7. The third-order valence-electron chi connectivity index (χ3n) is 3.82. The van der Waals surface area contributed by atoms with Crippen molar-refractivity contribution in [3.8, 4) is 0 Å². The van der Waals surface area contributed by atoms with Gasteiger partial charge in [-0.15, -0.1) is 0 Å². The molecule has 0 aliphatic heterocycles. The number of fused-ring (bicyclic) bond motifs is 1. The van der Waals surface area contributed by atoms with Crippen LogP contribution in [0.3, 0.4) is 0 Å². The smallest absolute Gasteiger partial charge is 0.290 e. The lowest BCUT2D eigenvalue weighted by molar-refractivity contribution is 0.0651. The molecule has 6 heteroatoms. The summed E-state index contributed by atoms with van der Waals surface area (Å²) in [6.07, 6.45) is 0. The first kappa shape index (κ1) is 16.0. The number of aromatic amines is 1. The highest BCUT2D eigenvalue weighted by Gasteiger charge is 2.22. The van der Waals surface area contributed by atoms with Crippen molar-refractivity contribution < 1.29 is 9.21 Å². The van der Waals surface area contributed by atoms with Crippen molar-refractivity contribution in [2.75, 3.05) is 0 Å². The summed E-state index contributed by atoms with van der Waals surface area (Å²) in [5.41, 5.74) is 0.404. The van der Waals surface area contributed by atoms with Gasteiger partial charge in [-0.25, -0.2) is 4.98 Å². The Kier molecular flexibility index (Phi) is 4.20. The minimum absolute atomic E-state index is 0.0697. The third-order valence-corrected chi connectivity index (χ3v) is 3.82. The monoisotopic (exact) mass is 325 g/mol. The number of nitrogens with one attached hydrogen (secondary N) is 1. The van der Waals surface area contributed by atoms with E-state index in [1.165, 1.54) is 0 Å². The van der Waals surface area contributed by atoms with Crippen LogP contribution in [-0.4, -0.2) is 26.8 Å². The van der Waals surface area contributed by atoms with Gasteiger partial charge in [0, 0.05) is 6.04 Å². The molecule has 0 saturated carbocycles. The van der Waals surface area contributed by atoms with Gasteiger partial charge in [-0.3, -0.25) is 9.59 Å². The molecule has 0 unspecified atom stereocenters. The van der Waals surface area contributed by atoms with Gasteiger partial charge in [0.25, 0.3) is 11.5 Å². The Morgan fingerprint density at radius 3 is 2.67 bits per heavy atom. The lowest BCUT2D eigenvalue weighted by atomic mass is 10.2. The Morgan fingerprint density at radius 1 is 1.25 bits per heavy atom. The van der Waals surface area contributed by atoms with Gasteiger partial charge in [-0.1, -0.05) is 12.1 Å². The number of furan rings is 1. The quantitative estimate of drug-likeness (QED) is 0.800. The van der Waals surface area contributed by atoms with Crippen molar-refractivity contribution in [3.05, 3.63) is 64.1 Å². The molecule has 1 N–H and O–H groups in total. The molecular formula is C18H19N3O3. The highest BCUT2D eigenvalue weighted by molar-refractivity contribution is 5.91. The summed E-state index contributed by atoms with van der Waals surface area (Å²) < 4.78 is 5.42. The predicted molar refractivity (Wildman–Crippen MR) is 90.8 cm³/mol. The molecule has 0 aliphatic carbocycles. The lowest BCUT2D eigenvalue weighted by Crippen LogP contribution is -2.37. The van der Waals surface area contributed by atoms with Crippen LogP contribution in [0.2, 0.25) is 0 Å². The first-order valence-corrected chi connectivity index (χ1v) is 7.81. The van der Waals surface area contributed by atoms with Gasteiger partial charge in [0.15, 0.2) is 5.76 Å². The summed E-state index contributed by atoms with van der Waals surface area (Å²) in [4.78, 5) is 33.7. The maximum absolute atomic E-state index is 12.7. The number of benzene rings is 1. The molecular weight excluding hydrogens is 306 g/mol. The molecule has 124 valence electrons. The highest BCUT2D eigenvalue weighted by atomic mass is 16.3. The second kappa shape index (κ2) is 6.31. The van der Waals surface area contributed by atoms with Crippen LogP contribution in [0.5, 0.6) is 0 Å². The van der Waals surface area contributed by atoms with Crippen LogP contribution in [0, 0.1) is 6.92 Å². The van der Waals surface area contributed by atoms with Crippen molar-refractivity contribution in [1.82, 2.24) is 14.9 Å². The minimum Gasteiger partial charge on any atom is -0.456 e. The number of nitrogens with zero attached hydrogens (tertiary/aromatic N) is 2. The molecule has 0 atom stereocenters. The van der Waals surface area contributed by atoms with Gasteiger partial charge in [-0.2, -0.15) is 0 Å². The Hall–Kier alpha value is -2.89. The maximum Gasteiger partial charge on any atom is 0.290 e. The van der Waals surface area contributed by atoms with Crippen molar-refractivity contribution in [1.29, 1.82) is 0 Å². The van der Waals surface area contributed by atoms with E-state index in [2.05, 4.69) is 9.97 Å². The van der Waals surface area contributed by atoms with Crippen LogP contribution >= 0.6 is 0 Å². The summed E-state index contributed by atoms with van der Waals surface area (Å²) in [7, 11) is 0. The molecule has 0 saturated heterocycles. The van der Waals surface area contributed by atoms with Crippen LogP contribution in [0.25, 0.3) is 10.9 Å². The van der Waals surface area contributed by atoms with E-state index in [0.29, 0.717) is 22.5 Å². The van der Waals surface area contributed by atoms with E-state index in [0.717, 1.165) is 0 Å². The SMILES string of the molecule is Cc1ccc(C(=O)N(Cc2nc3ccccc3c(=O)[nH]2)C(C)C)o1. The average molecular weight is 325 g/mol. The van der Waals surface area contributed by atoms with Crippen molar-refractivity contribution in [2.24, 2.45) is 0 Å². The molecule has 0 aliphatic rings. The number of H-pyrrole nitrogens is 1. The number of hydrogen-bond acceptors (Lipinski definition) is 4. The fourth-order valence-corrected chi connectivity index (χ4v) is 2.55. The lowest BCUT2D eigenvalue weighted by Gasteiger charge is -2.25. The topological polar surface area (TPSA) is 79.2 Å². The second-order valence-corrected chi connectivity index (χ2v) is 5.97. The van der Waals surface area contributed by atoms with Gasteiger partial charge >= 0.3 is 0 Å². The standard InChI is InChI=1S/C18H19N3O3/c1-11(2)21(18(23)15-9-8-12(3)24-15)10-16-19-14-7-5-4-6-13(14)17(22)20-16/h4-9,11H,10H2,1-3H3,(H,19,20,22). The molecule has 6 nitrogen and oxygen atoms in total. The summed E-state index contributed by atoms with van der Waals surface area (Å²) in [6.45, 7) is 5.81. The molecule has 0 fully saturated rings. The van der Waals surface area contributed by atoms with Crippen LogP contribution in [0.1, 0.15) is 36.0 Å². The number of para-hydroxylation sites is 1. The van der Waals surface area contributed by atoms with Crippen molar-refractivity contribution in [3.63, 3.8) is 0 Å². The van der Waals surface area contributed by atoms with Gasteiger partial charge in [0.2, 0.25) is 0 Å². The van der Waals surface area contributed by atoms with E-state index in [1.54, 1.807) is 42.2 Å². The largest absolute Gasteiger partial charge is 0.456 e. The zero-order chi connectivity index (χ0) is 17.3. The van der Waals surface area contributed by atoms with Gasteiger partial charge in [-0.05, 0) is 45.0 Å². The minimum atomic E-state index is -0.228. The van der Waals surface area contributed by atoms with E-state index >= 15 is 0 Å². The van der Waals surface area contributed by atoms with Crippen LogP contribution in [0.15, 0.2) is 45.6 Å². The number of hydrogen-bond donors (Lipinski definition) is 1. The van der Waals surface area contributed by atoms with Gasteiger partial charge in [0.05, 0.1) is 17.4 Å². The molecule has 1 amide bonds. The Bertz CT molecular complexity index is 940. The molecule has 0 spiro atoms. The first-order valence-electron chi connectivity index (χ1n) is 7.81. The van der Waals surface area contributed by atoms with Crippen LogP contribution < -0.4 is 5.56 Å². The third kappa shape index (κ3) is 3.08. The Labute approximate surface area is 139 Å². The number of rotatable bonds is 4. The Balaban J connectivity index is 1.94. The van der Waals surface area contributed by atoms with E-state index in [4.69, 9.17) is 4.42 Å². The predicted octanol–water partition coefficient (Wildman–Crippen LogP) is 2.88. The summed E-state index contributed by atoms with van der Waals surface area (Å²) in [5.74, 6) is 1.18. The van der Waals surface area contributed by atoms with Crippen LogP contribution in [-0.2, 0) is 6.54 Å². The first-order chi connectivity index (χ1) is 11.5. The van der Waals surface area contributed by atoms with Gasteiger partial charge in [0.1, 0.15) is 11.6 Å². The fourth-order valence-electron chi connectivity index (χ4n) is 2.55. The normalized spacial score (nSPS) is 11.2. The number of amides is 1. The van der Waals surface area contributed by atoms with E-state index < -0.39 is 0 Å². The van der Waals surface area contributed by atoms with E-state index in [1.807, 2.05) is 19.9 Å². The van der Waals surface area contributed by atoms with E-state index in [-0.39, 0.29) is 29.8 Å². The highest BCUT2D eigenvalue weighted by Crippen LogP contribution is 2.15. The summed E-state index contributed by atoms with van der Waals surface area (Å²) >= 11 is 0. The Morgan fingerprint density at radius 2 is 2.00 bits per heavy atom. The summed E-state index contributed by atoms with van der Waals surface area (Å²) in [6, 6.07) is 10.5. The fraction of sp³-hybridized carbons (Fsp3) is 0.278. The molecule has 3 rings (SSSR count). The molecule has 24 heavy (non-hydrogen) atoms. The second-order valence-electron chi connectivity index (χ2n) is 5.97. The van der Waals surface area contributed by atoms with Crippen molar-refractivity contribution in [2.45, 2.75) is 33.4 Å². The van der Waals surface area contributed by atoms with Crippen molar-refractivity contribution >= 4 is 16.8 Å². The molecule has 0 bridgehead atoms. The molecule has 3 aromatic rings. The van der Waals surface area contributed by atoms with Crippen LogP contribution in [0.4, 0.5) is 0 Å². The zero-order valence-corrected chi connectivity index (χ0v) is 13.9. The van der Waals surface area contributed by atoms with E-state index in [9.17, 15) is 9.59 Å². The average Bonchev–Trinajstić information content (AvgIpc) is 2.98. The zero-order valence-electron chi connectivity index (χ0n) is 13.9. The summed E-state index contributed by atoms with van der Waals surface area (Å²) in [5, 5.41) is 0.533. The molecule has 2 aromatic heterocycles. The molecule has 2 heterocycles. The number of aryl methyl sites for hydroxylation is 1. The molecule has 1 aromatic carbocycles. The van der Waals surface area contributed by atoms with Gasteiger partial charge < -0.3 is 14.3 Å². The molecule has 0 radical (unpaired) electrons. The number of carbonyl (C=O) groups excluding carboxylic acids is 1.